The first kappa shape index (κ1) is 16.2. The maximum atomic E-state index is 13.3. The molecule has 1 aromatic heterocycles. The fraction of sp³-hybridized carbons (Fsp3) is 0.375. The molecule has 1 atom stereocenters. The molecule has 1 aliphatic rings. The third-order valence-electron chi connectivity index (χ3n) is 3.80. The highest BCUT2D eigenvalue weighted by Gasteiger charge is 2.25. The van der Waals surface area contributed by atoms with Crippen LogP contribution in [0, 0.1) is 13.8 Å². The van der Waals surface area contributed by atoms with Crippen molar-refractivity contribution in [3.63, 3.8) is 0 Å². The summed E-state index contributed by atoms with van der Waals surface area (Å²) in [5.41, 5.74) is 1.84. The normalized spacial score (nSPS) is 18.7. The first-order chi connectivity index (χ1) is 10.9. The molecule has 1 saturated heterocycles. The second kappa shape index (κ2) is 6.45. The van der Waals surface area contributed by atoms with E-state index in [0.29, 0.717) is 22.8 Å². The van der Waals surface area contributed by atoms with Gasteiger partial charge in [0.25, 0.3) is 0 Å². The Hall–Kier alpha value is -1.66. The van der Waals surface area contributed by atoms with E-state index in [4.69, 9.17) is 11.6 Å². The van der Waals surface area contributed by atoms with Crippen LogP contribution in [0.4, 0.5) is 9.18 Å². The van der Waals surface area contributed by atoms with Crippen molar-refractivity contribution in [2.45, 2.75) is 26.4 Å². The van der Waals surface area contributed by atoms with Crippen LogP contribution in [0.25, 0.3) is 5.69 Å². The molecule has 0 unspecified atom stereocenters. The van der Waals surface area contributed by atoms with E-state index < -0.39 is 6.17 Å². The zero-order valence-electron chi connectivity index (χ0n) is 12.9. The molecule has 0 bridgehead atoms. The number of nitrogens with zero attached hydrogens (tertiary/aromatic N) is 3. The number of likely N-dealkylation sites (tertiary alicyclic amines) is 1. The lowest BCUT2D eigenvalue weighted by molar-refractivity contribution is 0.213. The topological polar surface area (TPSA) is 37.6 Å². The van der Waals surface area contributed by atoms with Gasteiger partial charge in [-0.25, -0.2) is 9.18 Å². The molecule has 122 valence electrons. The predicted molar refractivity (Wildman–Crippen MR) is 90.2 cm³/mol. The van der Waals surface area contributed by atoms with Gasteiger partial charge in [0.15, 0.2) is 4.80 Å². The van der Waals surface area contributed by atoms with Crippen LogP contribution in [-0.2, 0) is 0 Å². The second-order valence-corrected chi connectivity index (χ2v) is 7.27. The minimum Gasteiger partial charge on any atom is -0.320 e. The highest BCUT2D eigenvalue weighted by molar-refractivity contribution is 7.09. The van der Waals surface area contributed by atoms with Crippen LogP contribution < -0.4 is 4.80 Å². The average Bonchev–Trinajstić information content (AvgIpc) is 3.08. The summed E-state index contributed by atoms with van der Waals surface area (Å²) in [6, 6.07) is 5.32. The van der Waals surface area contributed by atoms with E-state index >= 15 is 0 Å². The number of rotatable bonds is 1. The van der Waals surface area contributed by atoms with Crippen LogP contribution in [0.15, 0.2) is 29.4 Å². The molecule has 3 rings (SSSR count). The van der Waals surface area contributed by atoms with Gasteiger partial charge < -0.3 is 4.90 Å². The first-order valence-corrected chi connectivity index (χ1v) is 8.57. The number of aryl methyl sites for hydroxylation is 2. The van der Waals surface area contributed by atoms with E-state index in [1.54, 1.807) is 0 Å². The molecule has 23 heavy (non-hydrogen) atoms. The third kappa shape index (κ3) is 3.48. The molecule has 7 heteroatoms. The molecular weight excluding hydrogens is 337 g/mol. The van der Waals surface area contributed by atoms with Crippen LogP contribution in [0.1, 0.15) is 16.9 Å². The Labute approximate surface area is 142 Å². The Morgan fingerprint density at radius 1 is 1.43 bits per heavy atom. The molecule has 0 aliphatic carbocycles. The summed E-state index contributed by atoms with van der Waals surface area (Å²) < 4.78 is 15.1. The van der Waals surface area contributed by atoms with Crippen molar-refractivity contribution >= 4 is 29.0 Å². The summed E-state index contributed by atoms with van der Waals surface area (Å²) in [6.45, 7) is 4.44. The zero-order chi connectivity index (χ0) is 16.6. The number of urea groups is 1. The number of amides is 2. The number of hydrogen-bond acceptors (Lipinski definition) is 2. The highest BCUT2D eigenvalue weighted by atomic mass is 35.5. The number of hydrogen-bond donors (Lipinski definition) is 0. The number of thiazole rings is 1. The molecule has 0 spiro atoms. The number of halogens is 2. The lowest BCUT2D eigenvalue weighted by atomic mass is 10.2. The van der Waals surface area contributed by atoms with Gasteiger partial charge in [-0.2, -0.15) is 4.99 Å². The molecule has 1 aliphatic heterocycles. The monoisotopic (exact) mass is 353 g/mol. The van der Waals surface area contributed by atoms with Crippen LogP contribution in [0.2, 0.25) is 5.02 Å². The highest BCUT2D eigenvalue weighted by Crippen LogP contribution is 2.20. The molecule has 0 saturated carbocycles. The summed E-state index contributed by atoms with van der Waals surface area (Å²) in [7, 11) is 0. The lowest BCUT2D eigenvalue weighted by Gasteiger charge is -2.11. The average molecular weight is 354 g/mol. The predicted octanol–water partition coefficient (Wildman–Crippen LogP) is 3.87. The Morgan fingerprint density at radius 2 is 2.22 bits per heavy atom. The van der Waals surface area contributed by atoms with E-state index in [0.717, 1.165) is 16.1 Å². The van der Waals surface area contributed by atoms with E-state index in [1.165, 1.54) is 16.2 Å². The van der Waals surface area contributed by atoms with E-state index in [2.05, 4.69) is 4.99 Å². The third-order valence-corrected chi connectivity index (χ3v) is 5.10. The molecule has 2 amide bonds. The standard InChI is InChI=1S/C16H17ClFN3OS/c1-10-3-4-13(7-14(10)17)21-8-11(2)23-16(21)19-15(22)20-6-5-12(18)9-20/h3-4,7-8,12H,5-6,9H2,1-2H3/t12-/m1/s1. The molecule has 0 radical (unpaired) electrons. The van der Waals surface area contributed by atoms with Crippen molar-refractivity contribution in [1.29, 1.82) is 0 Å². The Morgan fingerprint density at radius 3 is 2.87 bits per heavy atom. The summed E-state index contributed by atoms with van der Waals surface area (Å²) >= 11 is 7.61. The Kier molecular flexibility index (Phi) is 4.55. The van der Waals surface area contributed by atoms with Gasteiger partial charge >= 0.3 is 6.03 Å². The van der Waals surface area contributed by atoms with E-state index in [-0.39, 0.29) is 12.6 Å². The van der Waals surface area contributed by atoms with Crippen LogP contribution in [-0.4, -0.2) is 34.8 Å². The number of aromatic nitrogens is 1. The minimum absolute atomic E-state index is 0.128. The zero-order valence-corrected chi connectivity index (χ0v) is 14.5. The fourth-order valence-corrected chi connectivity index (χ4v) is 3.49. The maximum absolute atomic E-state index is 13.3. The van der Waals surface area contributed by atoms with E-state index in [1.807, 2.05) is 42.8 Å². The molecular formula is C16H17ClFN3OS. The number of benzene rings is 1. The SMILES string of the molecule is Cc1cn(-c2ccc(C)c(Cl)c2)c(=NC(=O)N2CC[C@@H](F)C2)s1. The molecule has 1 fully saturated rings. The molecule has 2 aromatic rings. The smallest absolute Gasteiger partial charge is 0.320 e. The van der Waals surface area contributed by atoms with Gasteiger partial charge in [-0.15, -0.1) is 11.3 Å². The van der Waals surface area contributed by atoms with Gasteiger partial charge in [-0.05, 0) is 38.0 Å². The van der Waals surface area contributed by atoms with Gasteiger partial charge in [0.05, 0.1) is 6.54 Å². The van der Waals surface area contributed by atoms with Gasteiger partial charge in [-0.1, -0.05) is 17.7 Å². The van der Waals surface area contributed by atoms with Crippen LogP contribution in [0.3, 0.4) is 0 Å². The van der Waals surface area contributed by atoms with Gasteiger partial charge in [-0.3, -0.25) is 4.57 Å². The summed E-state index contributed by atoms with van der Waals surface area (Å²) in [6.07, 6.45) is 1.36. The van der Waals surface area contributed by atoms with Crippen molar-refractivity contribution in [2.75, 3.05) is 13.1 Å². The van der Waals surface area contributed by atoms with Crippen LogP contribution in [0.5, 0.6) is 0 Å². The quantitative estimate of drug-likeness (QED) is 0.766. The lowest BCUT2D eigenvalue weighted by Crippen LogP contribution is -2.28. The number of carbonyl (C=O) groups is 1. The largest absolute Gasteiger partial charge is 0.346 e. The summed E-state index contributed by atoms with van der Waals surface area (Å²) in [4.78, 5) is 19.5. The van der Waals surface area contributed by atoms with Gasteiger partial charge in [0.1, 0.15) is 6.17 Å². The van der Waals surface area contributed by atoms with Crippen molar-refractivity contribution in [2.24, 2.45) is 4.99 Å². The molecule has 1 aromatic carbocycles. The Balaban J connectivity index is 1.98. The van der Waals surface area contributed by atoms with Crippen molar-refractivity contribution < 1.29 is 9.18 Å². The maximum Gasteiger partial charge on any atom is 0.346 e. The molecule has 2 heterocycles. The fourth-order valence-electron chi connectivity index (χ4n) is 2.49. The summed E-state index contributed by atoms with van der Waals surface area (Å²) in [5.74, 6) is 0. The minimum atomic E-state index is -0.942. The first-order valence-electron chi connectivity index (χ1n) is 7.37. The van der Waals surface area contributed by atoms with Crippen molar-refractivity contribution in [3.8, 4) is 5.69 Å². The van der Waals surface area contributed by atoms with E-state index in [9.17, 15) is 9.18 Å². The van der Waals surface area contributed by atoms with Gasteiger partial charge in [0.2, 0.25) is 0 Å². The number of carbonyl (C=O) groups excluding carboxylic acids is 1. The Bertz CT molecular complexity index is 814. The van der Waals surface area contributed by atoms with Crippen molar-refractivity contribution in [1.82, 2.24) is 9.47 Å². The molecule has 4 nitrogen and oxygen atoms in total. The van der Waals surface area contributed by atoms with Gasteiger partial charge in [0, 0.05) is 28.3 Å². The van der Waals surface area contributed by atoms with Crippen molar-refractivity contribution in [3.05, 3.63) is 44.7 Å². The van der Waals surface area contributed by atoms with Crippen LogP contribution >= 0.6 is 22.9 Å². The summed E-state index contributed by atoms with van der Waals surface area (Å²) in [5, 5.41) is 0.663. The molecule has 0 N–H and O–H groups in total. The number of alkyl halides is 1. The second-order valence-electron chi connectivity index (χ2n) is 5.65.